The molecule has 0 saturated carbocycles. The first kappa shape index (κ1) is 14.7. The van der Waals surface area contributed by atoms with Crippen LogP contribution in [0.5, 0.6) is 0 Å². The SMILES string of the molecule is CCc1ccc(C(C)N[C@@H](C)c2ccc(F)cc2)cc1. The van der Waals surface area contributed by atoms with E-state index in [-0.39, 0.29) is 17.9 Å². The zero-order valence-corrected chi connectivity index (χ0v) is 12.4. The third kappa shape index (κ3) is 3.67. The van der Waals surface area contributed by atoms with Crippen molar-refractivity contribution >= 4 is 0 Å². The van der Waals surface area contributed by atoms with E-state index in [1.807, 2.05) is 12.1 Å². The van der Waals surface area contributed by atoms with Gasteiger partial charge in [0.1, 0.15) is 5.82 Å². The van der Waals surface area contributed by atoms with E-state index in [9.17, 15) is 4.39 Å². The van der Waals surface area contributed by atoms with Crippen LogP contribution in [0.15, 0.2) is 48.5 Å². The Morgan fingerprint density at radius 1 is 0.850 bits per heavy atom. The third-order valence-corrected chi connectivity index (χ3v) is 3.76. The molecule has 106 valence electrons. The second-order valence-corrected chi connectivity index (χ2v) is 5.26. The molecule has 2 heteroatoms. The number of hydrogen-bond acceptors (Lipinski definition) is 1. The predicted molar refractivity (Wildman–Crippen MR) is 82.2 cm³/mol. The van der Waals surface area contributed by atoms with E-state index < -0.39 is 0 Å². The van der Waals surface area contributed by atoms with Gasteiger partial charge in [-0.05, 0) is 49.1 Å². The summed E-state index contributed by atoms with van der Waals surface area (Å²) in [5, 5.41) is 3.55. The molecule has 2 aromatic carbocycles. The smallest absolute Gasteiger partial charge is 0.123 e. The van der Waals surface area contributed by atoms with Crippen LogP contribution in [0.3, 0.4) is 0 Å². The van der Waals surface area contributed by atoms with Crippen LogP contribution in [-0.4, -0.2) is 0 Å². The summed E-state index contributed by atoms with van der Waals surface area (Å²) in [6.45, 7) is 6.42. The average molecular weight is 271 g/mol. The molecule has 1 unspecified atom stereocenters. The molecule has 0 aromatic heterocycles. The van der Waals surface area contributed by atoms with Crippen molar-refractivity contribution in [2.45, 2.75) is 39.3 Å². The lowest BCUT2D eigenvalue weighted by molar-refractivity contribution is 0.494. The Balaban J connectivity index is 2.02. The largest absolute Gasteiger partial charge is 0.304 e. The summed E-state index contributed by atoms with van der Waals surface area (Å²) in [6, 6.07) is 15.8. The molecule has 2 atom stereocenters. The Labute approximate surface area is 120 Å². The Morgan fingerprint density at radius 3 is 1.75 bits per heavy atom. The van der Waals surface area contributed by atoms with E-state index in [4.69, 9.17) is 0 Å². The predicted octanol–water partition coefficient (Wildman–Crippen LogP) is 4.80. The highest BCUT2D eigenvalue weighted by molar-refractivity contribution is 5.25. The molecule has 0 aliphatic carbocycles. The summed E-state index contributed by atoms with van der Waals surface area (Å²) in [5.74, 6) is -0.191. The van der Waals surface area contributed by atoms with Crippen LogP contribution in [0.25, 0.3) is 0 Å². The molecule has 2 aromatic rings. The maximum atomic E-state index is 12.9. The van der Waals surface area contributed by atoms with E-state index in [0.717, 1.165) is 12.0 Å². The zero-order chi connectivity index (χ0) is 14.5. The normalized spacial score (nSPS) is 14.0. The second kappa shape index (κ2) is 6.67. The molecule has 0 heterocycles. The fraction of sp³-hybridized carbons (Fsp3) is 0.333. The molecule has 20 heavy (non-hydrogen) atoms. The van der Waals surface area contributed by atoms with Gasteiger partial charge in [-0.25, -0.2) is 4.39 Å². The quantitative estimate of drug-likeness (QED) is 0.823. The van der Waals surface area contributed by atoms with Crippen molar-refractivity contribution in [1.29, 1.82) is 0 Å². The third-order valence-electron chi connectivity index (χ3n) is 3.76. The van der Waals surface area contributed by atoms with Gasteiger partial charge in [0.2, 0.25) is 0 Å². The summed E-state index contributed by atoms with van der Waals surface area (Å²) in [5.41, 5.74) is 3.73. The summed E-state index contributed by atoms with van der Waals surface area (Å²) in [7, 11) is 0. The molecule has 0 radical (unpaired) electrons. The van der Waals surface area contributed by atoms with E-state index >= 15 is 0 Å². The van der Waals surface area contributed by atoms with Crippen molar-refractivity contribution in [2.75, 3.05) is 0 Å². The first-order valence-corrected chi connectivity index (χ1v) is 7.20. The maximum absolute atomic E-state index is 12.9. The fourth-order valence-corrected chi connectivity index (χ4v) is 2.36. The number of benzene rings is 2. The summed E-state index contributed by atoms with van der Waals surface area (Å²) in [4.78, 5) is 0. The number of nitrogens with one attached hydrogen (secondary N) is 1. The lowest BCUT2D eigenvalue weighted by atomic mass is 10.0. The van der Waals surface area contributed by atoms with Crippen molar-refractivity contribution in [3.05, 3.63) is 71.0 Å². The topological polar surface area (TPSA) is 12.0 Å². The number of aryl methyl sites for hydroxylation is 1. The molecular formula is C18H22FN. The van der Waals surface area contributed by atoms with E-state index in [2.05, 4.69) is 50.4 Å². The van der Waals surface area contributed by atoms with Crippen molar-refractivity contribution in [2.24, 2.45) is 0 Å². The minimum atomic E-state index is -0.191. The van der Waals surface area contributed by atoms with Crippen molar-refractivity contribution in [1.82, 2.24) is 5.32 Å². The zero-order valence-electron chi connectivity index (χ0n) is 12.4. The van der Waals surface area contributed by atoms with E-state index in [0.29, 0.717) is 0 Å². The van der Waals surface area contributed by atoms with Gasteiger partial charge in [-0.2, -0.15) is 0 Å². The highest BCUT2D eigenvalue weighted by Crippen LogP contribution is 2.20. The van der Waals surface area contributed by atoms with Gasteiger partial charge in [-0.3, -0.25) is 0 Å². The van der Waals surface area contributed by atoms with Crippen LogP contribution in [0, 0.1) is 5.82 Å². The van der Waals surface area contributed by atoms with Gasteiger partial charge < -0.3 is 5.32 Å². The van der Waals surface area contributed by atoms with Crippen LogP contribution >= 0.6 is 0 Å². The van der Waals surface area contributed by atoms with Gasteiger partial charge in [0, 0.05) is 12.1 Å². The highest BCUT2D eigenvalue weighted by Gasteiger charge is 2.11. The van der Waals surface area contributed by atoms with Gasteiger partial charge in [0.25, 0.3) is 0 Å². The van der Waals surface area contributed by atoms with Gasteiger partial charge in [-0.15, -0.1) is 0 Å². The molecule has 0 saturated heterocycles. The molecule has 0 aliphatic rings. The van der Waals surface area contributed by atoms with E-state index in [1.54, 1.807) is 0 Å². The minimum absolute atomic E-state index is 0.191. The van der Waals surface area contributed by atoms with Gasteiger partial charge >= 0.3 is 0 Å². The summed E-state index contributed by atoms with van der Waals surface area (Å²) in [6.07, 6.45) is 1.06. The lowest BCUT2D eigenvalue weighted by Gasteiger charge is -2.21. The molecule has 0 aliphatic heterocycles. The molecule has 0 bridgehead atoms. The Hall–Kier alpha value is -1.67. The van der Waals surface area contributed by atoms with Crippen molar-refractivity contribution in [3.8, 4) is 0 Å². The Morgan fingerprint density at radius 2 is 1.30 bits per heavy atom. The van der Waals surface area contributed by atoms with Gasteiger partial charge in [-0.1, -0.05) is 43.3 Å². The summed E-state index contributed by atoms with van der Waals surface area (Å²) < 4.78 is 12.9. The maximum Gasteiger partial charge on any atom is 0.123 e. The number of halogens is 1. The van der Waals surface area contributed by atoms with Crippen LogP contribution < -0.4 is 5.32 Å². The average Bonchev–Trinajstić information content (AvgIpc) is 2.48. The molecule has 1 N–H and O–H groups in total. The van der Waals surface area contributed by atoms with Crippen molar-refractivity contribution < 1.29 is 4.39 Å². The van der Waals surface area contributed by atoms with Gasteiger partial charge in [0.05, 0.1) is 0 Å². The van der Waals surface area contributed by atoms with Crippen LogP contribution in [0.4, 0.5) is 4.39 Å². The van der Waals surface area contributed by atoms with Crippen LogP contribution in [0.2, 0.25) is 0 Å². The number of hydrogen-bond donors (Lipinski definition) is 1. The fourth-order valence-electron chi connectivity index (χ4n) is 2.36. The molecular weight excluding hydrogens is 249 g/mol. The van der Waals surface area contributed by atoms with Gasteiger partial charge in [0.15, 0.2) is 0 Å². The Bertz CT molecular complexity index is 530. The summed E-state index contributed by atoms with van der Waals surface area (Å²) >= 11 is 0. The molecule has 0 fully saturated rings. The second-order valence-electron chi connectivity index (χ2n) is 5.26. The minimum Gasteiger partial charge on any atom is -0.304 e. The van der Waals surface area contributed by atoms with Crippen molar-refractivity contribution in [3.63, 3.8) is 0 Å². The molecule has 0 spiro atoms. The monoisotopic (exact) mass is 271 g/mol. The highest BCUT2D eigenvalue weighted by atomic mass is 19.1. The Kier molecular flexibility index (Phi) is 4.91. The first-order valence-electron chi connectivity index (χ1n) is 7.20. The molecule has 2 rings (SSSR count). The van der Waals surface area contributed by atoms with E-state index in [1.165, 1.54) is 23.3 Å². The van der Waals surface area contributed by atoms with Crippen LogP contribution in [0.1, 0.15) is 49.5 Å². The van der Waals surface area contributed by atoms with Crippen LogP contribution in [-0.2, 0) is 6.42 Å². The molecule has 0 amide bonds. The standard InChI is InChI=1S/C18H22FN/c1-4-15-5-7-16(8-6-15)13(2)20-14(3)17-9-11-18(19)12-10-17/h5-14,20H,4H2,1-3H3/t13?,14-/m0/s1. The first-order chi connectivity index (χ1) is 9.60. The molecule has 1 nitrogen and oxygen atoms in total. The lowest BCUT2D eigenvalue weighted by Crippen LogP contribution is -2.22. The number of rotatable bonds is 5.